The Balaban J connectivity index is 2.08. The van der Waals surface area contributed by atoms with E-state index in [1.807, 2.05) is 12.4 Å². The van der Waals surface area contributed by atoms with Gasteiger partial charge in [0.15, 0.2) is 0 Å². The second-order valence-electron chi connectivity index (χ2n) is 3.66. The van der Waals surface area contributed by atoms with Crippen molar-refractivity contribution < 1.29 is 0 Å². The van der Waals surface area contributed by atoms with Gasteiger partial charge in [0.05, 0.1) is 11.2 Å². The highest BCUT2D eigenvalue weighted by molar-refractivity contribution is 7.09. The number of thiazole rings is 1. The van der Waals surface area contributed by atoms with Crippen molar-refractivity contribution in [1.29, 1.82) is 0 Å². The van der Waals surface area contributed by atoms with Gasteiger partial charge in [-0.25, -0.2) is 4.98 Å². The zero-order valence-corrected chi connectivity index (χ0v) is 9.73. The topological polar surface area (TPSA) is 50.9 Å². The molecule has 0 radical (unpaired) electrons. The summed E-state index contributed by atoms with van der Waals surface area (Å²) in [6, 6.07) is 0.321. The molecule has 0 fully saturated rings. The number of aryl methyl sites for hydroxylation is 1. The van der Waals surface area contributed by atoms with Crippen molar-refractivity contribution in [3.63, 3.8) is 0 Å². The fourth-order valence-corrected chi connectivity index (χ4v) is 1.99. The van der Waals surface area contributed by atoms with Crippen molar-refractivity contribution in [3.8, 4) is 0 Å². The highest BCUT2D eigenvalue weighted by atomic mass is 32.1. The van der Waals surface area contributed by atoms with Crippen molar-refractivity contribution >= 4 is 11.3 Å². The van der Waals surface area contributed by atoms with Gasteiger partial charge in [-0.3, -0.25) is 0 Å². The van der Waals surface area contributed by atoms with Crippen LogP contribution in [0, 0.1) is 6.92 Å². The van der Waals surface area contributed by atoms with Crippen LogP contribution in [0.1, 0.15) is 30.3 Å². The van der Waals surface area contributed by atoms with Crippen LogP contribution in [0.2, 0.25) is 0 Å². The Morgan fingerprint density at radius 2 is 2.43 bits per heavy atom. The third-order valence-electron chi connectivity index (χ3n) is 2.14. The first kappa shape index (κ1) is 11.6. The first-order chi connectivity index (χ1) is 6.70. The first-order valence-electron chi connectivity index (χ1n) is 5.05. The van der Waals surface area contributed by atoms with Gasteiger partial charge in [0, 0.05) is 17.5 Å². The molecule has 0 aliphatic carbocycles. The van der Waals surface area contributed by atoms with E-state index in [1.54, 1.807) is 11.3 Å². The summed E-state index contributed by atoms with van der Waals surface area (Å²) in [5.74, 6) is 0. The standard InChI is InChI=1S/C10H19N3S/c1-8(11)4-3-5-12-6-10-9(2)13-7-14-10/h7-8,12H,3-6,11H2,1-2H3. The molecular formula is C10H19N3S. The van der Waals surface area contributed by atoms with Crippen LogP contribution >= 0.6 is 11.3 Å². The lowest BCUT2D eigenvalue weighted by atomic mass is 10.2. The lowest BCUT2D eigenvalue weighted by molar-refractivity contribution is 0.575. The first-order valence-corrected chi connectivity index (χ1v) is 5.93. The van der Waals surface area contributed by atoms with Gasteiger partial charge >= 0.3 is 0 Å². The molecule has 80 valence electrons. The lowest BCUT2D eigenvalue weighted by Gasteiger charge is -2.05. The number of aromatic nitrogens is 1. The van der Waals surface area contributed by atoms with Crippen LogP contribution < -0.4 is 11.1 Å². The summed E-state index contributed by atoms with van der Waals surface area (Å²) < 4.78 is 0. The molecule has 0 saturated carbocycles. The van der Waals surface area contributed by atoms with Crippen molar-refractivity contribution in [1.82, 2.24) is 10.3 Å². The largest absolute Gasteiger partial charge is 0.328 e. The minimum absolute atomic E-state index is 0.321. The molecule has 0 saturated heterocycles. The number of nitrogens with one attached hydrogen (secondary N) is 1. The number of nitrogens with two attached hydrogens (primary N) is 1. The molecule has 14 heavy (non-hydrogen) atoms. The van der Waals surface area contributed by atoms with Gasteiger partial charge in [0.2, 0.25) is 0 Å². The Hall–Kier alpha value is -0.450. The van der Waals surface area contributed by atoms with E-state index in [0.29, 0.717) is 6.04 Å². The third-order valence-corrected chi connectivity index (χ3v) is 3.08. The number of rotatable bonds is 6. The summed E-state index contributed by atoms with van der Waals surface area (Å²) in [6.07, 6.45) is 2.24. The molecular weight excluding hydrogens is 194 g/mol. The van der Waals surface area contributed by atoms with Crippen molar-refractivity contribution in [2.24, 2.45) is 5.73 Å². The van der Waals surface area contributed by atoms with Crippen LogP contribution in [0.15, 0.2) is 5.51 Å². The predicted octanol–water partition coefficient (Wildman–Crippen LogP) is 1.67. The van der Waals surface area contributed by atoms with E-state index in [2.05, 4.69) is 17.2 Å². The Kier molecular flexibility index (Phi) is 5.07. The zero-order chi connectivity index (χ0) is 10.4. The Labute approximate surface area is 89.7 Å². The van der Waals surface area contributed by atoms with Gasteiger partial charge in [-0.2, -0.15) is 0 Å². The summed E-state index contributed by atoms with van der Waals surface area (Å²) >= 11 is 1.72. The summed E-state index contributed by atoms with van der Waals surface area (Å²) in [7, 11) is 0. The van der Waals surface area contributed by atoms with E-state index in [4.69, 9.17) is 5.73 Å². The van der Waals surface area contributed by atoms with Crippen LogP contribution in [0.5, 0.6) is 0 Å². The summed E-state index contributed by atoms with van der Waals surface area (Å²) in [4.78, 5) is 5.54. The summed E-state index contributed by atoms with van der Waals surface area (Å²) in [6.45, 7) is 6.08. The molecule has 4 heteroatoms. The molecule has 0 spiro atoms. The van der Waals surface area contributed by atoms with Crippen molar-refractivity contribution in [2.75, 3.05) is 6.54 Å². The predicted molar refractivity (Wildman–Crippen MR) is 61.4 cm³/mol. The van der Waals surface area contributed by atoms with Gasteiger partial charge in [-0.05, 0) is 33.2 Å². The van der Waals surface area contributed by atoms with Crippen LogP contribution in [0.3, 0.4) is 0 Å². The second-order valence-corrected chi connectivity index (χ2v) is 4.60. The highest BCUT2D eigenvalue weighted by Gasteiger charge is 2.00. The van der Waals surface area contributed by atoms with Crippen molar-refractivity contribution in [2.45, 2.75) is 39.3 Å². The fourth-order valence-electron chi connectivity index (χ4n) is 1.25. The average molecular weight is 213 g/mol. The maximum Gasteiger partial charge on any atom is 0.0798 e. The monoisotopic (exact) mass is 213 g/mol. The maximum atomic E-state index is 5.66. The lowest BCUT2D eigenvalue weighted by Crippen LogP contribution is -2.19. The van der Waals surface area contributed by atoms with E-state index in [-0.39, 0.29) is 0 Å². The smallest absolute Gasteiger partial charge is 0.0798 e. The van der Waals surface area contributed by atoms with Crippen molar-refractivity contribution in [3.05, 3.63) is 16.1 Å². The van der Waals surface area contributed by atoms with E-state index in [0.717, 1.165) is 31.6 Å². The van der Waals surface area contributed by atoms with Crippen LogP contribution in [0.25, 0.3) is 0 Å². The molecule has 1 unspecified atom stereocenters. The van der Waals surface area contributed by atoms with Gasteiger partial charge in [-0.15, -0.1) is 11.3 Å². The third kappa shape index (κ3) is 4.17. The van der Waals surface area contributed by atoms with Crippen LogP contribution in [-0.2, 0) is 6.54 Å². The fraction of sp³-hybridized carbons (Fsp3) is 0.700. The normalized spacial score (nSPS) is 13.1. The van der Waals surface area contributed by atoms with Crippen LogP contribution in [0.4, 0.5) is 0 Å². The molecule has 0 aromatic carbocycles. The highest BCUT2D eigenvalue weighted by Crippen LogP contribution is 2.10. The van der Waals surface area contributed by atoms with Gasteiger partial charge in [0.1, 0.15) is 0 Å². The zero-order valence-electron chi connectivity index (χ0n) is 8.92. The molecule has 3 N–H and O–H groups in total. The molecule has 1 aromatic heterocycles. The number of nitrogens with zero attached hydrogens (tertiary/aromatic N) is 1. The Morgan fingerprint density at radius 3 is 3.00 bits per heavy atom. The number of hydrogen-bond donors (Lipinski definition) is 2. The minimum atomic E-state index is 0.321. The molecule has 1 heterocycles. The van der Waals surface area contributed by atoms with Gasteiger partial charge in [-0.1, -0.05) is 0 Å². The summed E-state index contributed by atoms with van der Waals surface area (Å²) in [5.41, 5.74) is 8.70. The van der Waals surface area contributed by atoms with E-state index in [1.165, 1.54) is 4.88 Å². The van der Waals surface area contributed by atoms with E-state index in [9.17, 15) is 0 Å². The molecule has 3 nitrogen and oxygen atoms in total. The van der Waals surface area contributed by atoms with Gasteiger partial charge in [0.25, 0.3) is 0 Å². The average Bonchev–Trinajstić information content (AvgIpc) is 2.51. The molecule has 1 aromatic rings. The molecule has 1 atom stereocenters. The van der Waals surface area contributed by atoms with E-state index < -0.39 is 0 Å². The quantitative estimate of drug-likeness (QED) is 0.707. The van der Waals surface area contributed by atoms with Crippen LogP contribution in [-0.4, -0.2) is 17.6 Å². The minimum Gasteiger partial charge on any atom is -0.328 e. The van der Waals surface area contributed by atoms with Gasteiger partial charge < -0.3 is 11.1 Å². The molecule has 0 aliphatic heterocycles. The molecule has 0 bridgehead atoms. The number of hydrogen-bond acceptors (Lipinski definition) is 4. The molecule has 0 amide bonds. The maximum absolute atomic E-state index is 5.66. The molecule has 0 aliphatic rings. The molecule has 1 rings (SSSR count). The Bertz CT molecular complexity index is 258. The Morgan fingerprint density at radius 1 is 1.64 bits per heavy atom. The summed E-state index contributed by atoms with van der Waals surface area (Å²) in [5, 5.41) is 3.40. The van der Waals surface area contributed by atoms with E-state index >= 15 is 0 Å². The second kappa shape index (κ2) is 6.11. The SMILES string of the molecule is Cc1ncsc1CNCCCC(C)N.